The van der Waals surface area contributed by atoms with Crippen LogP contribution in [0.25, 0.3) is 21.9 Å². The number of aromatic nitrogens is 8. The lowest BCUT2D eigenvalue weighted by molar-refractivity contribution is -0.0448. The molecule has 4 aromatic rings. The predicted molar refractivity (Wildman–Crippen MR) is 152 cm³/mol. The molecule has 6 rings (SSSR count). The van der Waals surface area contributed by atoms with Gasteiger partial charge in [-0.15, -0.1) is 16.4 Å². The van der Waals surface area contributed by atoms with Crippen molar-refractivity contribution < 1.29 is 32.3 Å². The normalized spacial score (nSPS) is 31.5. The third-order valence-corrected chi connectivity index (χ3v) is 10.5. The lowest BCUT2D eigenvalue weighted by atomic mass is 10.0. The Bertz CT molecular complexity index is 1730. The van der Waals surface area contributed by atoms with Gasteiger partial charge in [0.2, 0.25) is 0 Å². The van der Waals surface area contributed by atoms with Crippen LogP contribution in [0.4, 0.5) is 0 Å². The standard InChI is InChI=1S/C20H24N8O8P2S3/c1-10-12-6-33-37(30,39)32-4-3-28-14(25-17(26-28)13-5-21-9-41-13)7-34-38(31,40)36-16(10)20(35-12)27-8-22-15-18(27)23-11(2)24-19(15)29/h5,8-10,12,16,20H,3-4,6-7H2,1-2H3,(H,30,39)(H,31,40)(H,23,24,29)/t10-,12-,16-,20-,37?,38?/m1/s1. The van der Waals surface area contributed by atoms with Crippen LogP contribution in [0.2, 0.25) is 0 Å². The van der Waals surface area contributed by atoms with Crippen LogP contribution in [0, 0.1) is 12.8 Å². The topological polar surface area (TPSA) is 191 Å². The molecule has 41 heavy (non-hydrogen) atoms. The van der Waals surface area contributed by atoms with Gasteiger partial charge in [-0.25, -0.2) is 24.2 Å². The molecule has 2 aliphatic heterocycles. The fourth-order valence-electron chi connectivity index (χ4n) is 4.50. The first kappa shape index (κ1) is 29.2. The van der Waals surface area contributed by atoms with Crippen molar-refractivity contribution in [2.45, 2.75) is 45.4 Å². The second-order valence-corrected chi connectivity index (χ2v) is 15.8. The highest BCUT2D eigenvalue weighted by atomic mass is 32.7. The zero-order valence-electron chi connectivity index (χ0n) is 21.5. The zero-order valence-corrected chi connectivity index (χ0v) is 25.8. The van der Waals surface area contributed by atoms with Crippen LogP contribution >= 0.6 is 37.1 Å². The fraction of sp³-hybridized carbons (Fsp3) is 0.500. The molecule has 16 nitrogen and oxygen atoms in total. The number of thiazole rings is 1. The van der Waals surface area contributed by atoms with Gasteiger partial charge >= 0.3 is 13.5 Å². The largest absolute Gasteiger partial charge is 0.386 e. The molecule has 6 atom stereocenters. The Kier molecular flexibility index (Phi) is 8.06. The molecule has 4 aromatic heterocycles. The molecule has 21 heteroatoms. The molecule has 220 valence electrons. The Labute approximate surface area is 246 Å². The fourth-order valence-corrected chi connectivity index (χ4v) is 7.62. The number of nitrogens with zero attached hydrogens (tertiary/aromatic N) is 7. The summed E-state index contributed by atoms with van der Waals surface area (Å²) >= 11 is 10.8. The van der Waals surface area contributed by atoms with Crippen LogP contribution in [-0.4, -0.2) is 69.6 Å². The molecule has 0 radical (unpaired) electrons. The monoisotopic (exact) mass is 662 g/mol. The van der Waals surface area contributed by atoms with Gasteiger partial charge in [0, 0.05) is 12.1 Å². The summed E-state index contributed by atoms with van der Waals surface area (Å²) in [4.78, 5) is 43.6. The van der Waals surface area contributed by atoms with E-state index < -0.39 is 43.4 Å². The van der Waals surface area contributed by atoms with E-state index in [4.69, 9.17) is 34.6 Å². The number of rotatable bonds is 2. The van der Waals surface area contributed by atoms with E-state index in [1.165, 1.54) is 26.9 Å². The SMILES string of the molecule is Cc1nc2c(ncn2[C@@H]2O[C@@H]3COP(O)(=S)OCCn4nc(-c5cncs5)nc4COP(=O)(S)O[C@@H]2[C@@H]3C)c(=O)[nH]1. The number of ether oxygens (including phenoxy) is 1. The number of fused-ring (bicyclic) bond motifs is 4. The van der Waals surface area contributed by atoms with Crippen molar-refractivity contribution >= 4 is 60.1 Å². The number of imidazole rings is 1. The summed E-state index contributed by atoms with van der Waals surface area (Å²) in [6.07, 6.45) is 0.413. The van der Waals surface area contributed by atoms with Gasteiger partial charge in [-0.3, -0.25) is 23.4 Å². The van der Waals surface area contributed by atoms with E-state index in [9.17, 15) is 14.3 Å². The molecule has 1 fully saturated rings. The quantitative estimate of drug-likeness (QED) is 0.210. The Morgan fingerprint density at radius 1 is 1.29 bits per heavy atom. The van der Waals surface area contributed by atoms with Crippen LogP contribution in [0.1, 0.15) is 24.8 Å². The van der Waals surface area contributed by atoms with Crippen molar-refractivity contribution in [3.8, 4) is 10.7 Å². The van der Waals surface area contributed by atoms with Crippen LogP contribution in [0.3, 0.4) is 0 Å². The van der Waals surface area contributed by atoms with Crippen molar-refractivity contribution in [2.24, 2.45) is 5.92 Å². The number of nitrogens with one attached hydrogen (secondary N) is 1. The summed E-state index contributed by atoms with van der Waals surface area (Å²) in [5.74, 6) is 0.574. The number of hydrogen-bond acceptors (Lipinski definition) is 14. The zero-order chi connectivity index (χ0) is 28.9. The van der Waals surface area contributed by atoms with Gasteiger partial charge in [-0.05, 0) is 18.7 Å². The van der Waals surface area contributed by atoms with E-state index in [2.05, 4.69) is 42.3 Å². The minimum absolute atomic E-state index is 0.0474. The van der Waals surface area contributed by atoms with E-state index in [-0.39, 0.29) is 37.5 Å². The summed E-state index contributed by atoms with van der Waals surface area (Å²) in [6.45, 7) is -4.63. The first-order valence-corrected chi connectivity index (χ1v) is 18.4. The van der Waals surface area contributed by atoms with Crippen LogP contribution < -0.4 is 5.56 Å². The first-order valence-electron chi connectivity index (χ1n) is 12.2. The maximum atomic E-state index is 13.6. The molecular weight excluding hydrogens is 638 g/mol. The Morgan fingerprint density at radius 3 is 2.90 bits per heavy atom. The van der Waals surface area contributed by atoms with Crippen LogP contribution in [0.15, 0.2) is 22.8 Å². The lowest BCUT2D eigenvalue weighted by Gasteiger charge is -2.25. The molecule has 6 heterocycles. The van der Waals surface area contributed by atoms with E-state index in [1.807, 2.05) is 0 Å². The van der Waals surface area contributed by atoms with Gasteiger partial charge in [-0.2, -0.15) is 0 Å². The molecule has 0 aromatic carbocycles. The van der Waals surface area contributed by atoms with E-state index in [0.717, 1.165) is 0 Å². The number of aryl methyl sites for hydroxylation is 1. The minimum Gasteiger partial charge on any atom is -0.349 e. The average Bonchev–Trinajstić information content (AvgIpc) is 3.69. The number of aromatic amines is 1. The van der Waals surface area contributed by atoms with Crippen molar-refractivity contribution in [1.82, 2.24) is 39.3 Å². The second-order valence-electron chi connectivity index (χ2n) is 9.25. The highest BCUT2D eigenvalue weighted by molar-refractivity contribution is 8.44. The van der Waals surface area contributed by atoms with Gasteiger partial charge in [0.05, 0.1) is 42.6 Å². The minimum atomic E-state index is -4.04. The third kappa shape index (κ3) is 6.12. The lowest BCUT2D eigenvalue weighted by Crippen LogP contribution is -2.28. The maximum absolute atomic E-state index is 13.6. The molecule has 0 aliphatic carbocycles. The van der Waals surface area contributed by atoms with Gasteiger partial charge in [-0.1, -0.05) is 19.2 Å². The second kappa shape index (κ2) is 11.3. The first-order chi connectivity index (χ1) is 19.5. The van der Waals surface area contributed by atoms with Crippen molar-refractivity contribution in [3.05, 3.63) is 40.0 Å². The number of hydrogen-bond donors (Lipinski definition) is 3. The van der Waals surface area contributed by atoms with Crippen molar-refractivity contribution in [2.75, 3.05) is 13.2 Å². The summed E-state index contributed by atoms with van der Waals surface area (Å²) in [6, 6.07) is 0. The van der Waals surface area contributed by atoms with Crippen molar-refractivity contribution in [3.63, 3.8) is 0 Å². The summed E-state index contributed by atoms with van der Waals surface area (Å²) in [5.41, 5.74) is 1.55. The van der Waals surface area contributed by atoms with E-state index in [0.29, 0.717) is 22.4 Å². The molecule has 2 unspecified atom stereocenters. The van der Waals surface area contributed by atoms with Gasteiger partial charge in [0.15, 0.2) is 29.0 Å². The Hall–Kier alpha value is -1.89. The summed E-state index contributed by atoms with van der Waals surface area (Å²) < 4.78 is 45.6. The summed E-state index contributed by atoms with van der Waals surface area (Å²) in [7, 11) is 0. The Morgan fingerprint density at radius 2 is 2.12 bits per heavy atom. The predicted octanol–water partition coefficient (Wildman–Crippen LogP) is 2.58. The molecule has 2 N–H and O–H groups in total. The number of H-pyrrole nitrogens is 1. The van der Waals surface area contributed by atoms with Gasteiger partial charge in [0.25, 0.3) is 5.56 Å². The molecule has 0 saturated carbocycles. The van der Waals surface area contributed by atoms with E-state index in [1.54, 1.807) is 25.6 Å². The van der Waals surface area contributed by atoms with Crippen LogP contribution in [0.5, 0.6) is 0 Å². The molecule has 0 spiro atoms. The number of thiol groups is 1. The van der Waals surface area contributed by atoms with Crippen LogP contribution in [-0.2, 0) is 52.4 Å². The molecule has 1 saturated heterocycles. The van der Waals surface area contributed by atoms with Gasteiger partial charge in [0.1, 0.15) is 18.5 Å². The van der Waals surface area contributed by atoms with Gasteiger partial charge < -0.3 is 23.7 Å². The molecule has 2 bridgehead atoms. The molecular formula is C20H24N8O8P2S3. The highest BCUT2D eigenvalue weighted by Crippen LogP contribution is 2.58. The smallest absolute Gasteiger partial charge is 0.349 e. The third-order valence-electron chi connectivity index (χ3n) is 6.50. The van der Waals surface area contributed by atoms with Crippen molar-refractivity contribution in [1.29, 1.82) is 0 Å². The van der Waals surface area contributed by atoms with E-state index >= 15 is 0 Å². The Balaban J connectivity index is 1.35. The average molecular weight is 663 g/mol. The molecule has 2 aliphatic rings. The maximum Gasteiger partial charge on any atom is 0.386 e. The highest BCUT2D eigenvalue weighted by Gasteiger charge is 2.48. The summed E-state index contributed by atoms with van der Waals surface area (Å²) in [5, 5.41) is 4.47. The molecule has 0 amide bonds.